The molecule has 3 N–H and O–H groups in total. The Hall–Kier alpha value is -0.870. The van der Waals surface area contributed by atoms with Crippen molar-refractivity contribution >= 4 is 5.97 Å². The number of rotatable bonds is 5. The fraction of sp³-hybridized carbons (Fsp3) is 0.571. The summed E-state index contributed by atoms with van der Waals surface area (Å²) in [6.07, 6.45) is 1.16. The zero-order chi connectivity index (χ0) is 8.91. The van der Waals surface area contributed by atoms with Crippen LogP contribution in [0.5, 0.6) is 0 Å². The lowest BCUT2D eigenvalue weighted by molar-refractivity contribution is -0.139. The third-order valence-electron chi connectivity index (χ3n) is 1.26. The summed E-state index contributed by atoms with van der Waals surface area (Å²) >= 11 is 0. The molecule has 0 rings (SSSR count). The van der Waals surface area contributed by atoms with E-state index >= 15 is 0 Å². The van der Waals surface area contributed by atoms with Crippen molar-refractivity contribution in [1.82, 2.24) is 0 Å². The van der Waals surface area contributed by atoms with Gasteiger partial charge in [0.1, 0.15) is 0 Å². The van der Waals surface area contributed by atoms with Gasteiger partial charge >= 0.3 is 5.97 Å². The highest BCUT2D eigenvalue weighted by atomic mass is 16.5. The first-order chi connectivity index (χ1) is 4.98. The maximum atomic E-state index is 9.98. The first-order valence-electron chi connectivity index (χ1n) is 3.28. The van der Waals surface area contributed by atoms with E-state index in [4.69, 9.17) is 15.3 Å². The average molecular weight is 160 g/mol. The van der Waals surface area contributed by atoms with Gasteiger partial charge in [-0.05, 0) is 12.5 Å². The van der Waals surface area contributed by atoms with Crippen LogP contribution in [0.2, 0.25) is 0 Å². The van der Waals surface area contributed by atoms with Crippen LogP contribution in [0.15, 0.2) is 12.7 Å². The van der Waals surface area contributed by atoms with Crippen molar-refractivity contribution in [2.24, 2.45) is 0 Å². The third-order valence-corrected chi connectivity index (χ3v) is 1.26. The Kier molecular flexibility index (Phi) is 3.78. The summed E-state index contributed by atoms with van der Waals surface area (Å²) in [5.74, 6) is -2.86. The molecule has 0 aromatic carbocycles. The number of aliphatic carboxylic acids is 1. The summed E-state index contributed by atoms with van der Waals surface area (Å²) in [5, 5.41) is 26.0. The van der Waals surface area contributed by atoms with Crippen molar-refractivity contribution < 1.29 is 20.1 Å². The van der Waals surface area contributed by atoms with Crippen LogP contribution in [-0.2, 0) is 4.79 Å². The molecule has 0 radical (unpaired) electrons. The molecular formula is C7H12O4. The number of hydrogen-bond acceptors (Lipinski definition) is 3. The van der Waals surface area contributed by atoms with E-state index in [2.05, 4.69) is 6.58 Å². The zero-order valence-electron chi connectivity index (χ0n) is 6.16. The molecule has 0 unspecified atom stereocenters. The van der Waals surface area contributed by atoms with Gasteiger partial charge in [-0.1, -0.05) is 6.58 Å². The van der Waals surface area contributed by atoms with Crippen LogP contribution in [0.4, 0.5) is 0 Å². The van der Waals surface area contributed by atoms with Crippen LogP contribution in [0, 0.1) is 0 Å². The van der Waals surface area contributed by atoms with Crippen molar-refractivity contribution in [3.63, 3.8) is 0 Å². The van der Waals surface area contributed by atoms with Crippen molar-refractivity contribution in [3.8, 4) is 0 Å². The molecule has 4 heteroatoms. The normalized spacial score (nSPS) is 11.1. The molecule has 0 heterocycles. The minimum atomic E-state index is -1.92. The Morgan fingerprint density at radius 1 is 1.55 bits per heavy atom. The number of aliphatic hydroxyl groups is 2. The van der Waals surface area contributed by atoms with Gasteiger partial charge in [0.25, 0.3) is 0 Å². The molecule has 64 valence electrons. The van der Waals surface area contributed by atoms with Crippen LogP contribution < -0.4 is 0 Å². The molecule has 0 aliphatic carbocycles. The molecule has 0 atom stereocenters. The number of carboxylic acids is 1. The van der Waals surface area contributed by atoms with Crippen molar-refractivity contribution in [2.75, 3.05) is 0 Å². The fourth-order valence-electron chi connectivity index (χ4n) is 0.602. The Labute approximate surface area is 64.8 Å². The maximum absolute atomic E-state index is 9.98. The summed E-state index contributed by atoms with van der Waals surface area (Å²) < 4.78 is 0. The molecule has 11 heavy (non-hydrogen) atoms. The van der Waals surface area contributed by atoms with Gasteiger partial charge in [-0.3, -0.25) is 4.79 Å². The molecule has 0 bridgehead atoms. The summed E-state index contributed by atoms with van der Waals surface area (Å²) in [4.78, 5) is 9.98. The molecule has 0 amide bonds. The van der Waals surface area contributed by atoms with E-state index in [1.54, 1.807) is 0 Å². The number of carboxylic acid groups (broad SMARTS) is 1. The quantitative estimate of drug-likeness (QED) is 0.394. The highest BCUT2D eigenvalue weighted by Gasteiger charge is 2.17. The van der Waals surface area contributed by atoms with E-state index in [1.165, 1.54) is 0 Å². The van der Waals surface area contributed by atoms with Crippen molar-refractivity contribution in [3.05, 3.63) is 12.7 Å². The van der Waals surface area contributed by atoms with E-state index in [-0.39, 0.29) is 19.3 Å². The van der Waals surface area contributed by atoms with Crippen LogP contribution in [0.25, 0.3) is 0 Å². The lowest BCUT2D eigenvalue weighted by Crippen LogP contribution is -2.24. The first-order valence-corrected chi connectivity index (χ1v) is 3.28. The SMILES string of the molecule is C=CC(O)(O)CCCC(=O)O. The third kappa shape index (κ3) is 5.57. The molecule has 0 saturated heterocycles. The van der Waals surface area contributed by atoms with Crippen LogP contribution in [-0.4, -0.2) is 27.1 Å². The lowest BCUT2D eigenvalue weighted by atomic mass is 10.1. The van der Waals surface area contributed by atoms with Gasteiger partial charge < -0.3 is 15.3 Å². The second kappa shape index (κ2) is 4.10. The lowest BCUT2D eigenvalue weighted by Gasteiger charge is -2.15. The maximum Gasteiger partial charge on any atom is 0.303 e. The van der Waals surface area contributed by atoms with E-state index in [9.17, 15) is 4.79 Å². The molecule has 0 saturated carbocycles. The van der Waals surface area contributed by atoms with Gasteiger partial charge in [-0.25, -0.2) is 0 Å². The van der Waals surface area contributed by atoms with Gasteiger partial charge in [0.15, 0.2) is 5.79 Å². The monoisotopic (exact) mass is 160 g/mol. The summed E-state index contributed by atoms with van der Waals surface area (Å²) in [6.45, 7) is 3.18. The zero-order valence-corrected chi connectivity index (χ0v) is 6.16. The predicted molar refractivity (Wildman–Crippen MR) is 38.9 cm³/mol. The molecule has 0 fully saturated rings. The fourth-order valence-corrected chi connectivity index (χ4v) is 0.602. The number of carbonyl (C=O) groups is 1. The molecule has 0 aliphatic rings. The second-order valence-electron chi connectivity index (χ2n) is 2.33. The first kappa shape index (κ1) is 10.1. The molecule has 0 spiro atoms. The van der Waals surface area contributed by atoms with Crippen LogP contribution >= 0.6 is 0 Å². The average Bonchev–Trinajstić information content (AvgIpc) is 1.87. The van der Waals surface area contributed by atoms with Gasteiger partial charge in [0, 0.05) is 12.8 Å². The largest absolute Gasteiger partial charge is 0.481 e. The molecule has 0 aromatic heterocycles. The predicted octanol–water partition coefficient (Wildman–Crippen LogP) is 0.108. The Bertz CT molecular complexity index is 151. The van der Waals surface area contributed by atoms with Gasteiger partial charge in [0.2, 0.25) is 0 Å². The minimum absolute atomic E-state index is 0.00278. The van der Waals surface area contributed by atoms with E-state index in [1.807, 2.05) is 0 Å². The molecule has 0 aromatic rings. The summed E-state index contributed by atoms with van der Waals surface area (Å²) in [7, 11) is 0. The Morgan fingerprint density at radius 2 is 2.09 bits per heavy atom. The van der Waals surface area contributed by atoms with Gasteiger partial charge in [-0.15, -0.1) is 0 Å². The Balaban J connectivity index is 3.53. The summed E-state index contributed by atoms with van der Waals surface area (Å²) in [6, 6.07) is 0. The summed E-state index contributed by atoms with van der Waals surface area (Å²) in [5.41, 5.74) is 0. The van der Waals surface area contributed by atoms with Gasteiger partial charge in [-0.2, -0.15) is 0 Å². The van der Waals surface area contributed by atoms with Crippen molar-refractivity contribution in [1.29, 1.82) is 0 Å². The van der Waals surface area contributed by atoms with Crippen molar-refractivity contribution in [2.45, 2.75) is 25.0 Å². The molecular weight excluding hydrogens is 148 g/mol. The van der Waals surface area contributed by atoms with E-state index < -0.39 is 11.8 Å². The number of hydrogen-bond donors (Lipinski definition) is 3. The highest BCUT2D eigenvalue weighted by molar-refractivity contribution is 5.66. The molecule has 4 nitrogen and oxygen atoms in total. The van der Waals surface area contributed by atoms with E-state index in [0.29, 0.717) is 0 Å². The van der Waals surface area contributed by atoms with Crippen LogP contribution in [0.1, 0.15) is 19.3 Å². The smallest absolute Gasteiger partial charge is 0.303 e. The highest BCUT2D eigenvalue weighted by Crippen LogP contribution is 2.10. The minimum Gasteiger partial charge on any atom is -0.481 e. The van der Waals surface area contributed by atoms with Gasteiger partial charge in [0.05, 0.1) is 0 Å². The topological polar surface area (TPSA) is 77.8 Å². The molecule has 0 aliphatic heterocycles. The van der Waals surface area contributed by atoms with Crippen LogP contribution in [0.3, 0.4) is 0 Å². The van der Waals surface area contributed by atoms with E-state index in [0.717, 1.165) is 6.08 Å². The Morgan fingerprint density at radius 3 is 2.45 bits per heavy atom. The standard InChI is InChI=1S/C7H12O4/c1-2-7(10,11)5-3-4-6(8)9/h2,10-11H,1,3-5H2,(H,8,9). The second-order valence-corrected chi connectivity index (χ2v) is 2.33.